The number of methoxy groups -OCH3 is 1. The zero-order chi connectivity index (χ0) is 36.2. The van der Waals surface area contributed by atoms with Crippen LogP contribution in [-0.2, 0) is 26.8 Å². The molecule has 1 N–H and O–H groups in total. The van der Waals surface area contributed by atoms with Crippen LogP contribution in [0, 0.1) is 0 Å². The maximum absolute atomic E-state index is 11.5. The number of thioether (sulfide) groups is 1. The number of allylic oxidation sites excluding steroid dienone is 2. The van der Waals surface area contributed by atoms with Gasteiger partial charge < -0.3 is 14.2 Å². The Kier molecular flexibility index (Phi) is 11.8. The van der Waals surface area contributed by atoms with Gasteiger partial charge in [0, 0.05) is 53.5 Å². The van der Waals surface area contributed by atoms with Crippen LogP contribution in [0.1, 0.15) is 31.2 Å². The van der Waals surface area contributed by atoms with Gasteiger partial charge in [0.25, 0.3) is 15.1 Å². The Morgan fingerprint density at radius 1 is 1.02 bits per heavy atom. The molecule has 0 aliphatic carbocycles. The lowest BCUT2D eigenvalue weighted by Gasteiger charge is -2.21. The van der Waals surface area contributed by atoms with Gasteiger partial charge in [-0.3, -0.25) is 9.54 Å². The lowest BCUT2D eigenvalue weighted by molar-refractivity contribution is -0.667. The Labute approximate surface area is 313 Å². The number of ether oxygens (including phenoxy) is 1. The fourth-order valence-corrected chi connectivity index (χ4v) is 11.2. The topological polar surface area (TPSA) is 141 Å². The monoisotopic (exact) mass is 801 g/mol. The van der Waals surface area contributed by atoms with Gasteiger partial charge in [-0.1, -0.05) is 42.2 Å². The van der Waals surface area contributed by atoms with Gasteiger partial charge in [-0.05, 0) is 71.0 Å². The Balaban J connectivity index is 0.000000677. The van der Waals surface area contributed by atoms with Crippen LogP contribution in [0.25, 0.3) is 36.5 Å². The Morgan fingerprint density at radius 2 is 1.78 bits per heavy atom. The molecule has 0 spiro atoms. The Hall–Kier alpha value is -3.35. The number of pyridine rings is 1. The second kappa shape index (κ2) is 16.1. The molecule has 2 aromatic carbocycles. The number of hydrogen-bond acceptors (Lipinski definition) is 12. The first-order chi connectivity index (χ1) is 24.5. The van der Waals surface area contributed by atoms with Crippen LogP contribution in [0.2, 0.25) is 0 Å². The molecular weight excluding hydrogens is 767 g/mol. The summed E-state index contributed by atoms with van der Waals surface area (Å²) in [6.07, 6.45) is 8.88. The van der Waals surface area contributed by atoms with Crippen LogP contribution >= 0.6 is 45.8 Å². The molecule has 0 atom stereocenters. The van der Waals surface area contributed by atoms with Gasteiger partial charge in [0.15, 0.2) is 6.54 Å². The highest BCUT2D eigenvalue weighted by molar-refractivity contribution is 8.03. The predicted octanol–water partition coefficient (Wildman–Crippen LogP) is 8.17. The van der Waals surface area contributed by atoms with Crippen molar-refractivity contribution in [1.29, 1.82) is 0 Å². The van der Waals surface area contributed by atoms with E-state index in [0.717, 1.165) is 62.3 Å². The van der Waals surface area contributed by atoms with Crippen LogP contribution in [0.4, 0.5) is 5.69 Å². The molecule has 0 saturated carbocycles. The van der Waals surface area contributed by atoms with Crippen molar-refractivity contribution in [1.82, 2.24) is 4.98 Å². The fourth-order valence-electron chi connectivity index (χ4n) is 5.80. The minimum Gasteiger partial charge on any atom is -0.748 e. The normalized spacial score (nSPS) is 14.4. The molecule has 16 heteroatoms. The van der Waals surface area contributed by atoms with Crippen LogP contribution in [-0.4, -0.2) is 56.1 Å². The summed E-state index contributed by atoms with van der Waals surface area (Å²) in [7, 11) is -6.80. The first-order valence-corrected chi connectivity index (χ1v) is 22.6. The van der Waals surface area contributed by atoms with Crippen LogP contribution in [0.3, 0.4) is 0 Å². The molecule has 0 fully saturated rings. The highest BCUT2D eigenvalue weighted by Gasteiger charge is 2.29. The van der Waals surface area contributed by atoms with Crippen molar-refractivity contribution in [3.8, 4) is 5.75 Å². The molecule has 10 nitrogen and oxygen atoms in total. The standard InChI is InChI=1S/C30H30N2O7S6.C5H5N/c1-3-19(16-25-31(10-4-14-44(33,34)35)27-23(42-25)7-6-20-8-12-40-29(20)27)17-26-32(11-5-15-45(36,37)38)28-24(43-26)18-22(39-2)21-9-13-41-30(21)28;1-2-4-6-5-3-1/h6-9,12-13,16-18H,3-5,10-11,14-15H2,1-2H3,(H-,33,34,35,36,37,38);1-5H. The van der Waals surface area contributed by atoms with Gasteiger partial charge in [0.2, 0.25) is 5.52 Å². The minimum absolute atomic E-state index is 0.189. The summed E-state index contributed by atoms with van der Waals surface area (Å²) in [5.41, 5.74) is 3.06. The van der Waals surface area contributed by atoms with Crippen molar-refractivity contribution in [2.75, 3.05) is 30.1 Å². The van der Waals surface area contributed by atoms with Crippen molar-refractivity contribution < 1.29 is 35.2 Å². The average molecular weight is 802 g/mol. The van der Waals surface area contributed by atoms with E-state index < -0.39 is 26.0 Å². The van der Waals surface area contributed by atoms with Gasteiger partial charge in [0.05, 0.1) is 38.4 Å². The van der Waals surface area contributed by atoms with Crippen LogP contribution in [0.15, 0.2) is 93.3 Å². The molecule has 1 aliphatic heterocycles. The summed E-state index contributed by atoms with van der Waals surface area (Å²) in [5, 5.41) is 8.03. The largest absolute Gasteiger partial charge is 0.748 e. The summed E-state index contributed by atoms with van der Waals surface area (Å²) >= 11 is 6.45. The van der Waals surface area contributed by atoms with Crippen molar-refractivity contribution in [3.63, 3.8) is 0 Å². The van der Waals surface area contributed by atoms with E-state index in [1.807, 2.05) is 41.1 Å². The maximum Gasteiger partial charge on any atom is 0.264 e. The molecule has 0 unspecified atom stereocenters. The fraction of sp³-hybridized carbons (Fsp3) is 0.257. The number of rotatable bonds is 12. The molecule has 1 aliphatic rings. The second-order valence-electron chi connectivity index (χ2n) is 11.5. The van der Waals surface area contributed by atoms with E-state index in [9.17, 15) is 25.9 Å². The summed E-state index contributed by atoms with van der Waals surface area (Å²) in [4.78, 5) is 7.01. The van der Waals surface area contributed by atoms with E-state index >= 15 is 0 Å². The number of anilines is 1. The molecule has 6 aromatic rings. The third-order valence-corrected chi connectivity index (χ3v) is 13.7. The number of benzene rings is 2. The van der Waals surface area contributed by atoms with Crippen molar-refractivity contribution in [3.05, 3.63) is 93.4 Å². The van der Waals surface area contributed by atoms with E-state index in [1.165, 1.54) is 0 Å². The first kappa shape index (κ1) is 37.4. The number of nitrogens with zero attached hydrogens (tertiary/aromatic N) is 3. The maximum atomic E-state index is 11.5. The summed E-state index contributed by atoms with van der Waals surface area (Å²) < 4.78 is 77.7. The average Bonchev–Trinajstić information content (AvgIpc) is 3.89. The Morgan fingerprint density at radius 3 is 2.45 bits per heavy atom. The van der Waals surface area contributed by atoms with Gasteiger partial charge in [-0.2, -0.15) is 13.0 Å². The number of thiazole rings is 1. The summed E-state index contributed by atoms with van der Waals surface area (Å²) in [6.45, 7) is 2.85. The number of thiophene rings is 2. The molecule has 4 aromatic heterocycles. The van der Waals surface area contributed by atoms with Gasteiger partial charge in [-0.15, -0.1) is 22.7 Å². The summed E-state index contributed by atoms with van der Waals surface area (Å²) in [5.74, 6) is -0.00228. The van der Waals surface area contributed by atoms with Gasteiger partial charge >= 0.3 is 0 Å². The van der Waals surface area contributed by atoms with E-state index in [0.29, 0.717) is 19.5 Å². The highest BCUT2D eigenvalue weighted by Crippen LogP contribution is 2.51. The van der Waals surface area contributed by atoms with Crippen LogP contribution in [0.5, 0.6) is 5.75 Å². The number of hydrogen-bond donors (Lipinski definition) is 1. The molecule has 5 heterocycles. The zero-order valence-corrected chi connectivity index (χ0v) is 32.6. The molecule has 7 rings (SSSR count). The third-order valence-electron chi connectivity index (χ3n) is 8.07. The molecule has 0 radical (unpaired) electrons. The number of aromatic nitrogens is 2. The lowest BCUT2D eigenvalue weighted by Crippen LogP contribution is -2.36. The van der Waals surface area contributed by atoms with E-state index in [4.69, 9.17) is 4.74 Å². The second-order valence-corrected chi connectivity index (χ2v) is 18.6. The van der Waals surface area contributed by atoms with Crippen molar-refractivity contribution in [2.24, 2.45) is 0 Å². The number of aryl methyl sites for hydroxylation is 1. The molecule has 268 valence electrons. The van der Waals surface area contributed by atoms with E-state index in [2.05, 4.69) is 51.7 Å². The summed E-state index contributed by atoms with van der Waals surface area (Å²) in [6, 6.07) is 16.0. The molecule has 0 amide bonds. The zero-order valence-electron chi connectivity index (χ0n) is 27.7. The molecular formula is C35H35N3O7S6. The van der Waals surface area contributed by atoms with E-state index in [1.54, 1.807) is 65.3 Å². The smallest absolute Gasteiger partial charge is 0.264 e. The van der Waals surface area contributed by atoms with Gasteiger partial charge in [0.1, 0.15) is 15.1 Å². The van der Waals surface area contributed by atoms with Gasteiger partial charge in [-0.25, -0.2) is 8.42 Å². The Bertz CT molecular complexity index is 2420. The SMILES string of the molecule is CCC(/C=C1\Sc2ccc3ccsc3c2N1CCCS(=O)(=O)O)=C\c1sc2cc(OC)c3ccsc3c2[n+]1CCCS(=O)(=O)[O-].c1ccncc1. The molecule has 51 heavy (non-hydrogen) atoms. The third kappa shape index (κ3) is 9.00. The quantitative estimate of drug-likeness (QED) is 0.0952. The minimum atomic E-state index is -4.35. The van der Waals surface area contributed by atoms with Crippen LogP contribution < -0.4 is 14.2 Å². The number of fused-ring (bicyclic) bond motifs is 6. The first-order valence-electron chi connectivity index (χ1n) is 16.0. The molecule has 0 bridgehead atoms. The van der Waals surface area contributed by atoms with Crippen molar-refractivity contribution >= 4 is 108 Å². The predicted molar refractivity (Wildman–Crippen MR) is 210 cm³/mol. The van der Waals surface area contributed by atoms with Crippen molar-refractivity contribution in [2.45, 2.75) is 37.6 Å². The molecule has 0 saturated heterocycles. The lowest BCUT2D eigenvalue weighted by atomic mass is 10.1. The highest BCUT2D eigenvalue weighted by atomic mass is 32.2. The van der Waals surface area contributed by atoms with E-state index in [-0.39, 0.29) is 18.6 Å².